The van der Waals surface area contributed by atoms with E-state index in [0.29, 0.717) is 5.71 Å². The van der Waals surface area contributed by atoms with E-state index < -0.39 is 0 Å². The van der Waals surface area contributed by atoms with E-state index in [-0.39, 0.29) is 0 Å². The molecular weight excluding hydrogens is 214 g/mol. The zero-order valence-corrected chi connectivity index (χ0v) is 10.6. The van der Waals surface area contributed by atoms with Crippen LogP contribution in [0.5, 0.6) is 5.75 Å². The standard InChI is InChI=1S/C14H21NO2/c1-3-4-5-8-11-17-14-10-7-6-9-13(14)12(2)15-16/h6-7,9-10,16H,3-5,8,11H2,1-2H3/b15-12+. The molecule has 0 saturated heterocycles. The molecule has 0 fully saturated rings. The van der Waals surface area contributed by atoms with Gasteiger partial charge in [0.2, 0.25) is 0 Å². The fourth-order valence-electron chi connectivity index (χ4n) is 1.66. The van der Waals surface area contributed by atoms with Crippen molar-refractivity contribution in [1.29, 1.82) is 0 Å². The van der Waals surface area contributed by atoms with E-state index in [1.807, 2.05) is 24.3 Å². The summed E-state index contributed by atoms with van der Waals surface area (Å²) in [5.74, 6) is 0.791. The highest BCUT2D eigenvalue weighted by molar-refractivity contribution is 6.00. The third kappa shape index (κ3) is 4.47. The Morgan fingerprint density at radius 2 is 2.00 bits per heavy atom. The first kappa shape index (κ1) is 13.6. The first-order valence-corrected chi connectivity index (χ1v) is 6.20. The van der Waals surface area contributed by atoms with Crippen molar-refractivity contribution in [2.24, 2.45) is 5.16 Å². The fourth-order valence-corrected chi connectivity index (χ4v) is 1.66. The maximum Gasteiger partial charge on any atom is 0.128 e. The highest BCUT2D eigenvalue weighted by Gasteiger charge is 2.05. The van der Waals surface area contributed by atoms with Gasteiger partial charge in [0.1, 0.15) is 5.75 Å². The number of nitrogens with zero attached hydrogens (tertiary/aromatic N) is 1. The van der Waals surface area contributed by atoms with E-state index in [0.717, 1.165) is 24.3 Å². The van der Waals surface area contributed by atoms with Crippen LogP contribution in [0.4, 0.5) is 0 Å². The minimum atomic E-state index is 0.578. The summed E-state index contributed by atoms with van der Waals surface area (Å²) in [6.45, 7) is 4.67. The van der Waals surface area contributed by atoms with Crippen molar-refractivity contribution in [3.05, 3.63) is 29.8 Å². The molecule has 0 aromatic heterocycles. The van der Waals surface area contributed by atoms with E-state index >= 15 is 0 Å². The fraction of sp³-hybridized carbons (Fsp3) is 0.500. The van der Waals surface area contributed by atoms with E-state index in [1.165, 1.54) is 19.3 Å². The van der Waals surface area contributed by atoms with Crippen molar-refractivity contribution in [3.63, 3.8) is 0 Å². The minimum absolute atomic E-state index is 0.578. The Morgan fingerprint density at radius 3 is 2.71 bits per heavy atom. The molecule has 1 N–H and O–H groups in total. The van der Waals surface area contributed by atoms with Crippen molar-refractivity contribution < 1.29 is 9.94 Å². The summed E-state index contributed by atoms with van der Waals surface area (Å²) in [5.41, 5.74) is 1.43. The monoisotopic (exact) mass is 235 g/mol. The van der Waals surface area contributed by atoms with E-state index in [1.54, 1.807) is 6.92 Å². The third-order valence-electron chi connectivity index (χ3n) is 2.68. The van der Waals surface area contributed by atoms with Gasteiger partial charge >= 0.3 is 0 Å². The summed E-state index contributed by atoms with van der Waals surface area (Å²) in [7, 11) is 0. The van der Waals surface area contributed by atoms with Crippen LogP contribution in [0.1, 0.15) is 45.1 Å². The third-order valence-corrected chi connectivity index (χ3v) is 2.68. The molecule has 0 aliphatic carbocycles. The number of ether oxygens (including phenoxy) is 1. The second kappa shape index (κ2) is 7.71. The molecule has 0 aliphatic heterocycles. The number of rotatable bonds is 7. The second-order valence-electron chi connectivity index (χ2n) is 4.09. The molecule has 94 valence electrons. The number of unbranched alkanes of at least 4 members (excludes halogenated alkanes) is 3. The van der Waals surface area contributed by atoms with Gasteiger partial charge in [-0.3, -0.25) is 0 Å². The highest BCUT2D eigenvalue weighted by atomic mass is 16.5. The number of hydrogen-bond acceptors (Lipinski definition) is 3. The van der Waals surface area contributed by atoms with Gasteiger partial charge in [-0.05, 0) is 25.5 Å². The lowest BCUT2D eigenvalue weighted by Crippen LogP contribution is -2.03. The summed E-state index contributed by atoms with van der Waals surface area (Å²) < 4.78 is 5.71. The van der Waals surface area contributed by atoms with Gasteiger partial charge < -0.3 is 9.94 Å². The molecule has 1 aromatic rings. The van der Waals surface area contributed by atoms with Gasteiger partial charge in [0, 0.05) is 5.56 Å². The van der Waals surface area contributed by atoms with Crippen molar-refractivity contribution >= 4 is 5.71 Å². The molecule has 0 bridgehead atoms. The van der Waals surface area contributed by atoms with Crippen LogP contribution in [0.15, 0.2) is 29.4 Å². The van der Waals surface area contributed by atoms with E-state index in [2.05, 4.69) is 12.1 Å². The lowest BCUT2D eigenvalue weighted by Gasteiger charge is -2.10. The quantitative estimate of drug-likeness (QED) is 0.337. The maximum atomic E-state index is 8.79. The molecule has 0 unspecified atom stereocenters. The average Bonchev–Trinajstić information content (AvgIpc) is 2.38. The molecule has 0 spiro atoms. The SMILES string of the molecule is CCCCCCOc1ccccc1/C(C)=N/O. The van der Waals surface area contributed by atoms with Crippen LogP contribution in [0, 0.1) is 0 Å². The van der Waals surface area contributed by atoms with Crippen LogP contribution >= 0.6 is 0 Å². The number of benzene rings is 1. The first-order valence-electron chi connectivity index (χ1n) is 6.20. The van der Waals surface area contributed by atoms with Crippen LogP contribution < -0.4 is 4.74 Å². The molecule has 0 heterocycles. The molecule has 1 rings (SSSR count). The van der Waals surface area contributed by atoms with Gasteiger partial charge in [-0.1, -0.05) is 43.5 Å². The Hall–Kier alpha value is -1.51. The topological polar surface area (TPSA) is 41.8 Å². The van der Waals surface area contributed by atoms with Gasteiger partial charge in [0.05, 0.1) is 12.3 Å². The Bertz CT molecular complexity index is 361. The van der Waals surface area contributed by atoms with Crippen LogP contribution in [0.2, 0.25) is 0 Å². The summed E-state index contributed by atoms with van der Waals surface area (Å²) in [5, 5.41) is 12.0. The Kier molecular flexibility index (Phi) is 6.15. The molecule has 3 nitrogen and oxygen atoms in total. The zero-order chi connectivity index (χ0) is 12.5. The lowest BCUT2D eigenvalue weighted by molar-refractivity contribution is 0.302. The second-order valence-corrected chi connectivity index (χ2v) is 4.09. The number of para-hydroxylation sites is 1. The van der Waals surface area contributed by atoms with Crippen LogP contribution in [0.3, 0.4) is 0 Å². The van der Waals surface area contributed by atoms with Crippen LogP contribution in [-0.2, 0) is 0 Å². The molecule has 0 radical (unpaired) electrons. The number of hydrogen-bond donors (Lipinski definition) is 1. The van der Waals surface area contributed by atoms with Crippen LogP contribution in [-0.4, -0.2) is 17.5 Å². The van der Waals surface area contributed by atoms with Gasteiger partial charge in [0.15, 0.2) is 0 Å². The van der Waals surface area contributed by atoms with E-state index in [4.69, 9.17) is 9.94 Å². The lowest BCUT2D eigenvalue weighted by atomic mass is 10.1. The van der Waals surface area contributed by atoms with Crippen molar-refractivity contribution in [2.75, 3.05) is 6.61 Å². The summed E-state index contributed by atoms with van der Waals surface area (Å²) in [6, 6.07) is 7.64. The summed E-state index contributed by atoms with van der Waals surface area (Å²) in [4.78, 5) is 0. The van der Waals surface area contributed by atoms with E-state index in [9.17, 15) is 0 Å². The molecule has 0 aliphatic rings. The molecule has 0 amide bonds. The Labute approximate surface area is 103 Å². The maximum absolute atomic E-state index is 8.79. The van der Waals surface area contributed by atoms with Crippen molar-refractivity contribution in [3.8, 4) is 5.75 Å². The molecule has 17 heavy (non-hydrogen) atoms. The largest absolute Gasteiger partial charge is 0.493 e. The summed E-state index contributed by atoms with van der Waals surface area (Å²) >= 11 is 0. The van der Waals surface area contributed by atoms with Crippen molar-refractivity contribution in [1.82, 2.24) is 0 Å². The molecule has 0 saturated carbocycles. The molecule has 3 heteroatoms. The smallest absolute Gasteiger partial charge is 0.128 e. The van der Waals surface area contributed by atoms with Gasteiger partial charge in [-0.2, -0.15) is 0 Å². The summed E-state index contributed by atoms with van der Waals surface area (Å²) in [6.07, 6.45) is 4.75. The van der Waals surface area contributed by atoms with Gasteiger partial charge in [-0.15, -0.1) is 0 Å². The van der Waals surface area contributed by atoms with Gasteiger partial charge in [0.25, 0.3) is 0 Å². The first-order chi connectivity index (χ1) is 8.29. The Morgan fingerprint density at radius 1 is 1.24 bits per heavy atom. The molecular formula is C14H21NO2. The zero-order valence-electron chi connectivity index (χ0n) is 10.6. The molecule has 0 atom stereocenters. The number of oxime groups is 1. The highest BCUT2D eigenvalue weighted by Crippen LogP contribution is 2.19. The Balaban J connectivity index is 2.53. The predicted molar refractivity (Wildman–Crippen MR) is 70.1 cm³/mol. The van der Waals surface area contributed by atoms with Crippen molar-refractivity contribution in [2.45, 2.75) is 39.5 Å². The minimum Gasteiger partial charge on any atom is -0.493 e. The predicted octanol–water partition coefficient (Wildman–Crippen LogP) is 3.84. The van der Waals surface area contributed by atoms with Gasteiger partial charge in [-0.25, -0.2) is 0 Å². The molecule has 1 aromatic carbocycles. The average molecular weight is 235 g/mol. The van der Waals surface area contributed by atoms with Crippen LogP contribution in [0.25, 0.3) is 0 Å². The normalized spacial score (nSPS) is 11.5.